The van der Waals surface area contributed by atoms with Gasteiger partial charge in [-0.3, -0.25) is 14.5 Å². The summed E-state index contributed by atoms with van der Waals surface area (Å²) in [5, 5.41) is 2.71. The third-order valence-corrected chi connectivity index (χ3v) is 5.86. The van der Waals surface area contributed by atoms with Gasteiger partial charge >= 0.3 is 0 Å². The number of rotatable bonds is 7. The number of morpholine rings is 1. The molecular weight excluding hydrogens is 363 g/mol. The van der Waals surface area contributed by atoms with E-state index in [9.17, 15) is 14.0 Å². The molecule has 3 aliphatic rings. The van der Waals surface area contributed by atoms with Crippen molar-refractivity contribution in [1.82, 2.24) is 4.90 Å². The zero-order valence-electron chi connectivity index (χ0n) is 15.9. The molecule has 1 aromatic rings. The van der Waals surface area contributed by atoms with Crippen LogP contribution in [0.2, 0.25) is 0 Å². The van der Waals surface area contributed by atoms with E-state index in [1.807, 2.05) is 0 Å². The van der Waals surface area contributed by atoms with Crippen LogP contribution in [0.5, 0.6) is 0 Å². The summed E-state index contributed by atoms with van der Waals surface area (Å²) in [5.74, 6) is -1.04. The first kappa shape index (κ1) is 19.3. The summed E-state index contributed by atoms with van der Waals surface area (Å²) in [6.45, 7) is 1.01. The molecule has 7 nitrogen and oxygen atoms in total. The summed E-state index contributed by atoms with van der Waals surface area (Å²) < 4.78 is 19.7. The second-order valence-electron chi connectivity index (χ2n) is 7.77. The normalized spacial score (nSPS) is 21.5. The summed E-state index contributed by atoms with van der Waals surface area (Å²) >= 11 is 0. The molecule has 2 saturated carbocycles. The van der Waals surface area contributed by atoms with E-state index in [1.165, 1.54) is 23.5 Å². The summed E-state index contributed by atoms with van der Waals surface area (Å²) in [7, 11) is 0. The minimum absolute atomic E-state index is 0.00352. The SMILES string of the molecule is NC[C@H](C(=O)Nc1ccc(N2CCOCC2=O)cc1F)N(C1CCC1)C1CC1. The summed E-state index contributed by atoms with van der Waals surface area (Å²) in [6, 6.07) is 4.81. The number of benzene rings is 1. The minimum Gasteiger partial charge on any atom is -0.370 e. The van der Waals surface area contributed by atoms with Crippen LogP contribution in [0, 0.1) is 5.82 Å². The Labute approximate surface area is 164 Å². The summed E-state index contributed by atoms with van der Waals surface area (Å²) in [6.07, 6.45) is 5.56. The number of nitrogens with two attached hydrogens (primary N) is 1. The van der Waals surface area contributed by atoms with Gasteiger partial charge in [0.25, 0.3) is 5.91 Å². The highest BCUT2D eigenvalue weighted by Crippen LogP contribution is 2.37. The molecule has 1 aliphatic heterocycles. The maximum absolute atomic E-state index is 14.6. The predicted octanol–water partition coefficient (Wildman–Crippen LogP) is 1.47. The number of nitrogens with zero attached hydrogens (tertiary/aromatic N) is 2. The van der Waals surface area contributed by atoms with Crippen LogP contribution in [-0.2, 0) is 14.3 Å². The Morgan fingerprint density at radius 1 is 1.32 bits per heavy atom. The Morgan fingerprint density at radius 3 is 2.64 bits per heavy atom. The van der Waals surface area contributed by atoms with E-state index in [-0.39, 0.29) is 30.7 Å². The first-order valence-electron chi connectivity index (χ1n) is 10.0. The van der Waals surface area contributed by atoms with Crippen molar-refractivity contribution in [2.75, 3.05) is 36.5 Å². The largest absolute Gasteiger partial charge is 0.370 e. The second kappa shape index (κ2) is 8.14. The van der Waals surface area contributed by atoms with Crippen molar-refractivity contribution < 1.29 is 18.7 Å². The molecule has 0 radical (unpaired) electrons. The molecule has 3 N–H and O–H groups in total. The molecule has 1 saturated heterocycles. The van der Waals surface area contributed by atoms with E-state index < -0.39 is 11.9 Å². The molecule has 0 bridgehead atoms. The number of nitrogens with one attached hydrogen (secondary N) is 1. The Morgan fingerprint density at radius 2 is 2.07 bits per heavy atom. The lowest BCUT2D eigenvalue weighted by Crippen LogP contribution is -2.55. The molecule has 0 spiro atoms. The molecule has 2 amide bonds. The average Bonchev–Trinajstić information content (AvgIpc) is 3.47. The Bertz CT molecular complexity index is 751. The maximum atomic E-state index is 14.6. The zero-order valence-corrected chi connectivity index (χ0v) is 15.9. The van der Waals surface area contributed by atoms with Gasteiger partial charge in [-0.2, -0.15) is 0 Å². The molecule has 2 aliphatic carbocycles. The molecule has 28 heavy (non-hydrogen) atoms. The fourth-order valence-electron chi connectivity index (χ4n) is 4.01. The van der Waals surface area contributed by atoms with E-state index in [0.717, 1.165) is 25.7 Å². The molecule has 3 fully saturated rings. The Balaban J connectivity index is 1.46. The lowest BCUT2D eigenvalue weighted by molar-refractivity contribution is -0.125. The number of anilines is 2. The first-order chi connectivity index (χ1) is 13.6. The molecule has 152 valence electrons. The van der Waals surface area contributed by atoms with Crippen molar-refractivity contribution in [2.45, 2.75) is 50.2 Å². The maximum Gasteiger partial charge on any atom is 0.253 e. The number of hydrogen-bond acceptors (Lipinski definition) is 5. The molecule has 1 heterocycles. The predicted molar refractivity (Wildman–Crippen MR) is 104 cm³/mol. The van der Waals surface area contributed by atoms with Crippen molar-refractivity contribution in [2.24, 2.45) is 5.73 Å². The minimum atomic E-state index is -0.567. The van der Waals surface area contributed by atoms with Crippen molar-refractivity contribution in [3.63, 3.8) is 0 Å². The van der Waals surface area contributed by atoms with Gasteiger partial charge in [0.15, 0.2) is 0 Å². The number of carbonyl (C=O) groups is 2. The van der Waals surface area contributed by atoms with Crippen molar-refractivity contribution in [3.8, 4) is 0 Å². The Hall–Kier alpha value is -2.03. The van der Waals surface area contributed by atoms with Crippen molar-refractivity contribution in [3.05, 3.63) is 24.0 Å². The van der Waals surface area contributed by atoms with E-state index in [1.54, 1.807) is 6.07 Å². The highest BCUT2D eigenvalue weighted by Gasteiger charge is 2.42. The van der Waals surface area contributed by atoms with Crippen LogP contribution < -0.4 is 16.0 Å². The van der Waals surface area contributed by atoms with Crippen LogP contribution >= 0.6 is 0 Å². The average molecular weight is 390 g/mol. The van der Waals surface area contributed by atoms with E-state index in [4.69, 9.17) is 10.5 Å². The highest BCUT2D eigenvalue weighted by atomic mass is 19.1. The first-order valence-corrected chi connectivity index (χ1v) is 10.0. The molecule has 0 unspecified atom stereocenters. The molecule has 0 aromatic heterocycles. The Kier molecular flexibility index (Phi) is 5.61. The van der Waals surface area contributed by atoms with Gasteiger partial charge in [0.2, 0.25) is 5.91 Å². The fourth-order valence-corrected chi connectivity index (χ4v) is 4.01. The molecule has 1 atom stereocenters. The van der Waals surface area contributed by atoms with Gasteiger partial charge in [-0.15, -0.1) is 0 Å². The van der Waals surface area contributed by atoms with E-state index in [0.29, 0.717) is 30.9 Å². The van der Waals surface area contributed by atoms with Crippen molar-refractivity contribution in [1.29, 1.82) is 0 Å². The number of hydrogen-bond donors (Lipinski definition) is 2. The smallest absolute Gasteiger partial charge is 0.253 e. The van der Waals surface area contributed by atoms with Gasteiger partial charge in [0.05, 0.1) is 12.3 Å². The summed E-state index contributed by atoms with van der Waals surface area (Å²) in [5.41, 5.74) is 6.51. The van der Waals surface area contributed by atoms with Crippen molar-refractivity contribution >= 4 is 23.2 Å². The fraction of sp³-hybridized carbons (Fsp3) is 0.600. The molecular formula is C20H27FN4O3. The zero-order chi connectivity index (χ0) is 19.7. The monoisotopic (exact) mass is 390 g/mol. The van der Waals surface area contributed by atoms with Crippen LogP contribution in [0.3, 0.4) is 0 Å². The van der Waals surface area contributed by atoms with Crippen LogP contribution in [0.1, 0.15) is 32.1 Å². The molecule has 4 rings (SSSR count). The quantitative estimate of drug-likeness (QED) is 0.736. The van der Waals surface area contributed by atoms with Gasteiger partial charge in [-0.25, -0.2) is 4.39 Å². The highest BCUT2D eigenvalue weighted by molar-refractivity contribution is 5.97. The molecule has 1 aromatic carbocycles. The molecule has 8 heteroatoms. The second-order valence-corrected chi connectivity index (χ2v) is 7.77. The lowest BCUT2D eigenvalue weighted by atomic mass is 9.90. The van der Waals surface area contributed by atoms with Gasteiger partial charge in [0, 0.05) is 30.9 Å². The van der Waals surface area contributed by atoms with Crippen LogP contribution in [0.15, 0.2) is 18.2 Å². The van der Waals surface area contributed by atoms with Gasteiger partial charge in [0.1, 0.15) is 18.5 Å². The third kappa shape index (κ3) is 3.90. The standard InChI is InChI=1S/C20H27FN4O3/c21-16-10-15(24-8-9-28-12-19(24)26)6-7-17(16)23-20(27)18(11-22)25(14-4-5-14)13-2-1-3-13/h6-7,10,13-14,18H,1-5,8-9,11-12,22H2,(H,23,27)/t18-/m1/s1. The number of amides is 2. The topological polar surface area (TPSA) is 87.9 Å². The summed E-state index contributed by atoms with van der Waals surface area (Å²) in [4.78, 5) is 28.5. The lowest BCUT2D eigenvalue weighted by Gasteiger charge is -2.41. The van der Waals surface area contributed by atoms with E-state index in [2.05, 4.69) is 10.2 Å². The van der Waals surface area contributed by atoms with Gasteiger partial charge < -0.3 is 20.7 Å². The number of ether oxygens (including phenoxy) is 1. The number of halogens is 1. The van der Waals surface area contributed by atoms with Crippen LogP contribution in [0.4, 0.5) is 15.8 Å². The number of carbonyl (C=O) groups excluding carboxylic acids is 2. The van der Waals surface area contributed by atoms with Gasteiger partial charge in [-0.05, 0) is 43.9 Å². The van der Waals surface area contributed by atoms with Gasteiger partial charge in [-0.1, -0.05) is 6.42 Å². The van der Waals surface area contributed by atoms with Crippen LogP contribution in [0.25, 0.3) is 0 Å². The third-order valence-electron chi connectivity index (χ3n) is 5.86. The van der Waals surface area contributed by atoms with E-state index >= 15 is 0 Å². The van der Waals surface area contributed by atoms with Crippen LogP contribution in [-0.4, -0.2) is 61.1 Å².